The van der Waals surface area contributed by atoms with Crippen molar-refractivity contribution in [2.75, 3.05) is 6.54 Å². The van der Waals surface area contributed by atoms with Crippen LogP contribution in [0.15, 0.2) is 66.7 Å². The van der Waals surface area contributed by atoms with Crippen molar-refractivity contribution in [3.05, 3.63) is 95.1 Å². The normalized spacial score (nSPS) is 20.2. The van der Waals surface area contributed by atoms with Crippen LogP contribution in [0, 0.1) is 23.5 Å². The zero-order valence-corrected chi connectivity index (χ0v) is 20.5. The third-order valence-electron chi connectivity index (χ3n) is 7.43. The molecule has 1 atom stereocenters. The summed E-state index contributed by atoms with van der Waals surface area (Å²) in [6.45, 7) is 3.39. The number of hydrogen-bond acceptors (Lipinski definition) is 3. The van der Waals surface area contributed by atoms with Gasteiger partial charge in [-0.2, -0.15) is 0 Å². The lowest BCUT2D eigenvalue weighted by molar-refractivity contribution is 0.0685. The van der Waals surface area contributed by atoms with E-state index in [1.165, 1.54) is 18.2 Å². The Morgan fingerprint density at radius 1 is 0.972 bits per heavy atom. The van der Waals surface area contributed by atoms with E-state index >= 15 is 0 Å². The van der Waals surface area contributed by atoms with Gasteiger partial charge in [-0.15, -0.1) is 0 Å². The largest absolute Gasteiger partial charge is 0.490 e. The summed E-state index contributed by atoms with van der Waals surface area (Å²) < 4.78 is 39.8. The zero-order valence-electron chi connectivity index (χ0n) is 20.5. The van der Waals surface area contributed by atoms with Crippen LogP contribution in [-0.4, -0.2) is 23.5 Å². The predicted octanol–water partition coefficient (Wildman–Crippen LogP) is 6.77. The van der Waals surface area contributed by atoms with Crippen LogP contribution < -0.4 is 9.47 Å². The van der Waals surface area contributed by atoms with Gasteiger partial charge < -0.3 is 14.4 Å². The van der Waals surface area contributed by atoms with Crippen LogP contribution in [-0.2, 0) is 13.2 Å². The standard InChI is InChI=1S/C30H31F2NO3/c1-20(36-26-9-5-8-25(31)15-26)23-12-10-21(11-13-23)17-33-18-24-14-28(32)29(16-27(24)30(33)34)35-19-22-6-3-2-4-7-22/h2-9,14-16,20-21,23H,10-13,17-19H2,1H3/t20?,21-,23-. The summed E-state index contributed by atoms with van der Waals surface area (Å²) in [5.41, 5.74) is 2.19. The van der Waals surface area contributed by atoms with E-state index in [-0.39, 0.29) is 30.2 Å². The molecule has 188 valence electrons. The molecule has 3 aromatic carbocycles. The molecule has 2 aliphatic rings. The highest BCUT2D eigenvalue weighted by Gasteiger charge is 2.33. The van der Waals surface area contributed by atoms with Crippen LogP contribution in [0.5, 0.6) is 11.5 Å². The third kappa shape index (κ3) is 5.53. The molecule has 0 radical (unpaired) electrons. The van der Waals surface area contributed by atoms with Crippen molar-refractivity contribution in [1.82, 2.24) is 4.90 Å². The number of ether oxygens (including phenoxy) is 2. The molecule has 1 heterocycles. The van der Waals surface area contributed by atoms with Crippen LogP contribution >= 0.6 is 0 Å². The molecule has 0 saturated heterocycles. The first-order chi connectivity index (χ1) is 17.5. The average molecular weight is 492 g/mol. The van der Waals surface area contributed by atoms with E-state index in [0.29, 0.717) is 36.2 Å². The van der Waals surface area contributed by atoms with Crippen molar-refractivity contribution >= 4 is 5.91 Å². The Labute approximate surface area is 210 Å². The van der Waals surface area contributed by atoms with E-state index in [1.54, 1.807) is 18.2 Å². The van der Waals surface area contributed by atoms with Gasteiger partial charge in [-0.3, -0.25) is 4.79 Å². The molecule has 0 bridgehead atoms. The van der Waals surface area contributed by atoms with Crippen molar-refractivity contribution < 1.29 is 23.0 Å². The average Bonchev–Trinajstić information content (AvgIpc) is 3.17. The molecule has 6 heteroatoms. The van der Waals surface area contributed by atoms with E-state index in [9.17, 15) is 13.6 Å². The van der Waals surface area contributed by atoms with Crippen LogP contribution in [0.4, 0.5) is 8.78 Å². The van der Waals surface area contributed by atoms with Gasteiger partial charge in [0.05, 0.1) is 6.10 Å². The molecule has 1 amide bonds. The Kier molecular flexibility index (Phi) is 7.21. The van der Waals surface area contributed by atoms with E-state index < -0.39 is 5.82 Å². The smallest absolute Gasteiger partial charge is 0.254 e. The molecular weight excluding hydrogens is 460 g/mol. The fraction of sp³-hybridized carbons (Fsp3) is 0.367. The lowest BCUT2D eigenvalue weighted by atomic mass is 9.79. The number of hydrogen-bond donors (Lipinski definition) is 0. The van der Waals surface area contributed by atoms with Crippen LogP contribution in [0.3, 0.4) is 0 Å². The van der Waals surface area contributed by atoms with Crippen molar-refractivity contribution in [3.63, 3.8) is 0 Å². The molecule has 0 spiro atoms. The molecule has 36 heavy (non-hydrogen) atoms. The number of carbonyl (C=O) groups is 1. The van der Waals surface area contributed by atoms with Gasteiger partial charge in [0.1, 0.15) is 18.2 Å². The quantitative estimate of drug-likeness (QED) is 0.349. The maximum absolute atomic E-state index is 14.7. The number of nitrogens with zero attached hydrogens (tertiary/aromatic N) is 1. The van der Waals surface area contributed by atoms with Gasteiger partial charge in [0.2, 0.25) is 0 Å². The van der Waals surface area contributed by atoms with Gasteiger partial charge in [0, 0.05) is 24.7 Å². The summed E-state index contributed by atoms with van der Waals surface area (Å²) in [4.78, 5) is 14.9. The highest BCUT2D eigenvalue weighted by Crippen LogP contribution is 2.35. The van der Waals surface area contributed by atoms with Gasteiger partial charge in [-0.25, -0.2) is 8.78 Å². The van der Waals surface area contributed by atoms with Crippen molar-refractivity contribution in [1.29, 1.82) is 0 Å². The zero-order chi connectivity index (χ0) is 25.1. The summed E-state index contributed by atoms with van der Waals surface area (Å²) in [5, 5.41) is 0. The second-order valence-corrected chi connectivity index (χ2v) is 9.96. The molecule has 1 aliphatic carbocycles. The van der Waals surface area contributed by atoms with E-state index in [1.807, 2.05) is 42.2 Å². The maximum Gasteiger partial charge on any atom is 0.254 e. The lowest BCUT2D eigenvalue weighted by Crippen LogP contribution is -2.34. The van der Waals surface area contributed by atoms with Crippen LogP contribution in [0.25, 0.3) is 0 Å². The van der Waals surface area contributed by atoms with E-state index in [2.05, 4.69) is 0 Å². The predicted molar refractivity (Wildman–Crippen MR) is 134 cm³/mol. The second kappa shape index (κ2) is 10.7. The molecule has 1 aliphatic heterocycles. The number of fused-ring (bicyclic) bond motifs is 1. The summed E-state index contributed by atoms with van der Waals surface area (Å²) in [7, 11) is 0. The summed E-state index contributed by atoms with van der Waals surface area (Å²) in [5.74, 6) is 0.681. The van der Waals surface area contributed by atoms with Gasteiger partial charge in [0.25, 0.3) is 5.91 Å². The SMILES string of the molecule is CC(Oc1cccc(F)c1)[C@H]1CC[C@H](CN2Cc3cc(F)c(OCc4ccccc4)cc3C2=O)CC1. The summed E-state index contributed by atoms with van der Waals surface area (Å²) >= 11 is 0. The lowest BCUT2D eigenvalue weighted by Gasteiger charge is -2.34. The van der Waals surface area contributed by atoms with E-state index in [0.717, 1.165) is 36.8 Å². The minimum absolute atomic E-state index is 0.00251. The van der Waals surface area contributed by atoms with Crippen molar-refractivity contribution in [2.24, 2.45) is 11.8 Å². The summed E-state index contributed by atoms with van der Waals surface area (Å²) in [6, 6.07) is 18.8. The Bertz CT molecular complexity index is 1210. The summed E-state index contributed by atoms with van der Waals surface area (Å²) in [6.07, 6.45) is 4.01. The number of amides is 1. The maximum atomic E-state index is 14.7. The van der Waals surface area contributed by atoms with Gasteiger partial charge >= 0.3 is 0 Å². The molecule has 1 unspecified atom stereocenters. The minimum Gasteiger partial charge on any atom is -0.490 e. The molecule has 3 aromatic rings. The van der Waals surface area contributed by atoms with Crippen molar-refractivity contribution in [2.45, 2.75) is 51.9 Å². The highest BCUT2D eigenvalue weighted by atomic mass is 19.1. The third-order valence-corrected chi connectivity index (χ3v) is 7.43. The number of rotatable bonds is 8. The van der Waals surface area contributed by atoms with Gasteiger partial charge in [-0.05, 0) is 79.8 Å². The second-order valence-electron chi connectivity index (χ2n) is 9.96. The first kappa shape index (κ1) is 24.3. The first-order valence-corrected chi connectivity index (χ1v) is 12.7. The molecule has 1 fully saturated rings. The minimum atomic E-state index is -0.438. The van der Waals surface area contributed by atoms with Crippen LogP contribution in [0.2, 0.25) is 0 Å². The van der Waals surface area contributed by atoms with Gasteiger partial charge in [-0.1, -0.05) is 36.4 Å². The number of halogens is 2. The Morgan fingerprint density at radius 2 is 1.75 bits per heavy atom. The molecule has 0 N–H and O–H groups in total. The molecule has 1 saturated carbocycles. The Morgan fingerprint density at radius 3 is 2.50 bits per heavy atom. The molecule has 0 aromatic heterocycles. The highest BCUT2D eigenvalue weighted by molar-refractivity contribution is 5.98. The molecular formula is C30H31F2NO3. The molecule has 5 rings (SSSR count). The van der Waals surface area contributed by atoms with E-state index in [4.69, 9.17) is 9.47 Å². The van der Waals surface area contributed by atoms with Gasteiger partial charge in [0.15, 0.2) is 11.6 Å². The Hall–Kier alpha value is -3.41. The van der Waals surface area contributed by atoms with Crippen LogP contribution in [0.1, 0.15) is 54.1 Å². The topological polar surface area (TPSA) is 38.8 Å². The first-order valence-electron chi connectivity index (χ1n) is 12.7. The fourth-order valence-corrected chi connectivity index (χ4v) is 5.37. The van der Waals surface area contributed by atoms with Crippen molar-refractivity contribution in [3.8, 4) is 11.5 Å². The number of benzene rings is 3. The Balaban J connectivity index is 1.14. The fourth-order valence-electron chi connectivity index (χ4n) is 5.37. The molecule has 4 nitrogen and oxygen atoms in total. The number of carbonyl (C=O) groups excluding carboxylic acids is 1. The monoisotopic (exact) mass is 491 g/mol.